The number of carbonyl (C=O) groups excluding carboxylic acids is 1. The number of anilines is 1. The fraction of sp³-hybridized carbons (Fsp3) is 0.136. The van der Waals surface area contributed by atoms with Gasteiger partial charge in [0, 0.05) is 10.7 Å². The average molecular weight is 466 g/mol. The molecule has 3 aromatic rings. The Morgan fingerprint density at radius 2 is 1.58 bits per heavy atom. The van der Waals surface area contributed by atoms with Gasteiger partial charge in [0.25, 0.3) is 0 Å². The second kappa shape index (κ2) is 8.36. The monoisotopic (exact) mass is 465 g/mol. The van der Waals surface area contributed by atoms with Crippen molar-refractivity contribution < 1.29 is 26.9 Å². The lowest BCUT2D eigenvalue weighted by Gasteiger charge is -2.24. The van der Waals surface area contributed by atoms with Crippen LogP contribution in [0.3, 0.4) is 0 Å². The van der Waals surface area contributed by atoms with Crippen LogP contribution < -0.4 is 9.64 Å². The fourth-order valence-electron chi connectivity index (χ4n) is 3.28. The lowest BCUT2D eigenvalue weighted by molar-refractivity contribution is -0.137. The highest BCUT2D eigenvalue weighted by Gasteiger charge is 2.40. The number of hydrogen-bond acceptors (Lipinski definition) is 3. The summed E-state index contributed by atoms with van der Waals surface area (Å²) in [5.74, 6) is 0.378. The number of nitrogens with zero attached hydrogens (tertiary/aromatic N) is 1. The Morgan fingerprint density at radius 1 is 0.968 bits per heavy atom. The van der Waals surface area contributed by atoms with E-state index in [1.165, 1.54) is 17.0 Å². The lowest BCUT2D eigenvalue weighted by Crippen LogP contribution is -2.28. The molecule has 4 nitrogen and oxygen atoms in total. The highest BCUT2D eigenvalue weighted by Crippen LogP contribution is 2.38. The minimum Gasteiger partial charge on any atom is -0.457 e. The zero-order valence-electron chi connectivity index (χ0n) is 15.8. The number of carbonyl (C=O) groups is 1. The van der Waals surface area contributed by atoms with Crippen molar-refractivity contribution >= 4 is 34.0 Å². The van der Waals surface area contributed by atoms with Gasteiger partial charge in [-0.05, 0) is 66.2 Å². The molecule has 0 spiro atoms. The standard InChI is InChI=1S/C22H15ClF3NO3S/c23-16-4-8-18(9-5-16)30-19-10-6-17(7-11-19)27-20(28)13-31(29)21(27)14-2-1-3-15(12-14)22(24,25)26/h1-12,21H,13H2. The topological polar surface area (TPSA) is 46.6 Å². The number of rotatable bonds is 4. The van der Waals surface area contributed by atoms with Gasteiger partial charge in [-0.25, -0.2) is 0 Å². The molecular formula is C22H15ClF3NO3S. The van der Waals surface area contributed by atoms with Gasteiger partial charge in [-0.1, -0.05) is 23.7 Å². The van der Waals surface area contributed by atoms with Crippen LogP contribution in [-0.2, 0) is 21.8 Å². The van der Waals surface area contributed by atoms with Crippen molar-refractivity contribution in [2.75, 3.05) is 10.7 Å². The number of ether oxygens (including phenoxy) is 1. The van der Waals surface area contributed by atoms with Crippen LogP contribution in [0.2, 0.25) is 5.02 Å². The Morgan fingerprint density at radius 3 is 2.19 bits per heavy atom. The maximum atomic E-state index is 13.1. The number of benzene rings is 3. The second-order valence-electron chi connectivity index (χ2n) is 6.81. The molecule has 1 heterocycles. The first-order valence-corrected chi connectivity index (χ1v) is 10.9. The summed E-state index contributed by atoms with van der Waals surface area (Å²) >= 11 is 5.85. The summed E-state index contributed by atoms with van der Waals surface area (Å²) in [7, 11) is -1.68. The molecule has 0 bridgehead atoms. The third-order valence-electron chi connectivity index (χ3n) is 4.68. The number of alkyl halides is 3. The predicted octanol–water partition coefficient (Wildman–Crippen LogP) is 5.95. The molecule has 3 aromatic carbocycles. The number of halogens is 4. The maximum absolute atomic E-state index is 13.1. The molecule has 2 atom stereocenters. The molecule has 0 saturated carbocycles. The molecule has 4 rings (SSSR count). The van der Waals surface area contributed by atoms with Gasteiger partial charge in [-0.3, -0.25) is 13.9 Å². The van der Waals surface area contributed by atoms with Crippen molar-refractivity contribution in [2.24, 2.45) is 0 Å². The third kappa shape index (κ3) is 4.60. The molecule has 0 aromatic heterocycles. The largest absolute Gasteiger partial charge is 0.457 e. The minimum absolute atomic E-state index is 0.167. The lowest BCUT2D eigenvalue weighted by atomic mass is 10.1. The Hall–Kier alpha value is -2.84. The van der Waals surface area contributed by atoms with E-state index in [1.807, 2.05) is 0 Å². The predicted molar refractivity (Wildman–Crippen MR) is 113 cm³/mol. The molecule has 0 aliphatic carbocycles. The Labute approximate surface area is 183 Å². The van der Waals surface area contributed by atoms with Crippen LogP contribution in [0.4, 0.5) is 18.9 Å². The van der Waals surface area contributed by atoms with E-state index < -0.39 is 33.8 Å². The zero-order valence-corrected chi connectivity index (χ0v) is 17.4. The molecule has 160 valence electrons. The SMILES string of the molecule is O=C1CS(=O)C(c2cccc(C(F)(F)F)c2)N1c1ccc(Oc2ccc(Cl)cc2)cc1. The van der Waals surface area contributed by atoms with E-state index in [9.17, 15) is 22.2 Å². The van der Waals surface area contributed by atoms with Gasteiger partial charge in [0.05, 0.1) is 16.4 Å². The van der Waals surface area contributed by atoms with Gasteiger partial charge >= 0.3 is 6.18 Å². The van der Waals surface area contributed by atoms with E-state index in [0.717, 1.165) is 12.1 Å². The van der Waals surface area contributed by atoms with Gasteiger partial charge in [0.15, 0.2) is 0 Å². The highest BCUT2D eigenvalue weighted by atomic mass is 35.5. The second-order valence-corrected chi connectivity index (χ2v) is 8.75. The van der Waals surface area contributed by atoms with Crippen molar-refractivity contribution in [2.45, 2.75) is 11.6 Å². The summed E-state index contributed by atoms with van der Waals surface area (Å²) in [6.07, 6.45) is -4.54. The van der Waals surface area contributed by atoms with E-state index in [2.05, 4.69) is 0 Å². The van der Waals surface area contributed by atoms with Gasteiger partial charge in [0.1, 0.15) is 22.6 Å². The van der Waals surface area contributed by atoms with Crippen LogP contribution in [0.5, 0.6) is 11.5 Å². The summed E-state index contributed by atoms with van der Waals surface area (Å²) in [5.41, 5.74) is -0.268. The average Bonchev–Trinajstić information content (AvgIpc) is 3.03. The van der Waals surface area contributed by atoms with Gasteiger partial charge in [-0.2, -0.15) is 13.2 Å². The molecule has 2 unspecified atom stereocenters. The van der Waals surface area contributed by atoms with Crippen molar-refractivity contribution in [3.8, 4) is 11.5 Å². The van der Waals surface area contributed by atoms with E-state index in [0.29, 0.717) is 22.2 Å². The summed E-state index contributed by atoms with van der Waals surface area (Å²) < 4.78 is 57.7. The van der Waals surface area contributed by atoms with Gasteiger partial charge in [0.2, 0.25) is 5.91 Å². The normalized spacial score (nSPS) is 19.0. The zero-order chi connectivity index (χ0) is 22.2. The molecule has 1 aliphatic heterocycles. The minimum atomic E-state index is -4.54. The molecule has 31 heavy (non-hydrogen) atoms. The van der Waals surface area contributed by atoms with E-state index in [1.54, 1.807) is 48.5 Å². The molecule has 0 radical (unpaired) electrons. The Balaban J connectivity index is 1.62. The number of hydrogen-bond donors (Lipinski definition) is 0. The molecule has 1 saturated heterocycles. The first kappa shape index (κ1) is 21.4. The molecule has 1 amide bonds. The van der Waals surface area contributed by atoms with Crippen LogP contribution in [0.25, 0.3) is 0 Å². The smallest absolute Gasteiger partial charge is 0.416 e. The maximum Gasteiger partial charge on any atom is 0.416 e. The van der Waals surface area contributed by atoms with Crippen molar-refractivity contribution in [3.05, 3.63) is 88.9 Å². The molecule has 1 aliphatic rings. The van der Waals surface area contributed by atoms with E-state index in [-0.39, 0.29) is 11.3 Å². The van der Waals surface area contributed by atoms with E-state index >= 15 is 0 Å². The quantitative estimate of drug-likeness (QED) is 0.478. The van der Waals surface area contributed by atoms with E-state index in [4.69, 9.17) is 16.3 Å². The first-order chi connectivity index (χ1) is 14.7. The summed E-state index contributed by atoms with van der Waals surface area (Å²) in [6.45, 7) is 0. The Kier molecular flexibility index (Phi) is 5.77. The molecule has 1 fully saturated rings. The highest BCUT2D eigenvalue weighted by molar-refractivity contribution is 7.86. The van der Waals surface area contributed by atoms with Crippen molar-refractivity contribution in [3.63, 3.8) is 0 Å². The van der Waals surface area contributed by atoms with Crippen LogP contribution in [0, 0.1) is 0 Å². The molecule has 9 heteroatoms. The third-order valence-corrected chi connectivity index (χ3v) is 6.45. The molecule has 0 N–H and O–H groups in total. The first-order valence-electron chi connectivity index (χ1n) is 9.12. The molecular weight excluding hydrogens is 451 g/mol. The van der Waals surface area contributed by atoms with Crippen LogP contribution in [-0.4, -0.2) is 15.9 Å². The summed E-state index contributed by atoms with van der Waals surface area (Å²) in [5, 5.41) is -0.429. The van der Waals surface area contributed by atoms with Gasteiger partial charge < -0.3 is 4.74 Å². The van der Waals surface area contributed by atoms with Gasteiger partial charge in [-0.15, -0.1) is 0 Å². The summed E-state index contributed by atoms with van der Waals surface area (Å²) in [4.78, 5) is 13.8. The fourth-order valence-corrected chi connectivity index (χ4v) is 4.87. The number of amides is 1. The van der Waals surface area contributed by atoms with Crippen LogP contribution >= 0.6 is 11.6 Å². The van der Waals surface area contributed by atoms with Crippen molar-refractivity contribution in [1.82, 2.24) is 0 Å². The van der Waals surface area contributed by atoms with Crippen molar-refractivity contribution in [1.29, 1.82) is 0 Å². The summed E-state index contributed by atoms with van der Waals surface area (Å²) in [6, 6.07) is 17.8. The van der Waals surface area contributed by atoms with Crippen LogP contribution in [0.15, 0.2) is 72.8 Å². The van der Waals surface area contributed by atoms with Crippen LogP contribution in [0.1, 0.15) is 16.5 Å². The Bertz CT molecular complexity index is 1130.